The van der Waals surface area contributed by atoms with E-state index < -0.39 is 0 Å². The summed E-state index contributed by atoms with van der Waals surface area (Å²) in [4.78, 5) is 8.50. The molecule has 7 heteroatoms. The van der Waals surface area contributed by atoms with Gasteiger partial charge in [0, 0.05) is 29.4 Å². The first-order valence-corrected chi connectivity index (χ1v) is 7.45. The van der Waals surface area contributed by atoms with Crippen molar-refractivity contribution < 1.29 is 4.74 Å². The van der Waals surface area contributed by atoms with Gasteiger partial charge in [0.1, 0.15) is 5.82 Å². The average molecular weight is 300 g/mol. The third-order valence-electron chi connectivity index (χ3n) is 3.96. The fourth-order valence-corrected chi connectivity index (χ4v) is 2.77. The van der Waals surface area contributed by atoms with Crippen molar-refractivity contribution in [3.8, 4) is 17.0 Å². The average Bonchev–Trinajstić information content (AvgIpc) is 3.01. The van der Waals surface area contributed by atoms with Crippen LogP contribution in [0.2, 0.25) is 0 Å². The predicted molar refractivity (Wildman–Crippen MR) is 84.6 cm³/mol. The van der Waals surface area contributed by atoms with Gasteiger partial charge in [0.25, 0.3) is 0 Å². The van der Waals surface area contributed by atoms with Gasteiger partial charge in [0.2, 0.25) is 11.8 Å². The zero-order valence-corrected chi connectivity index (χ0v) is 12.8. The first-order valence-electron chi connectivity index (χ1n) is 7.45. The molecule has 0 aromatic carbocycles. The molecule has 2 heterocycles. The zero-order valence-electron chi connectivity index (χ0n) is 12.8. The minimum absolute atomic E-state index is 0.260. The molecule has 0 spiro atoms. The summed E-state index contributed by atoms with van der Waals surface area (Å²) in [6.07, 6.45) is 6.53. The molecule has 1 saturated carbocycles. The second-order valence-electron chi connectivity index (χ2n) is 5.50. The van der Waals surface area contributed by atoms with Crippen molar-refractivity contribution in [1.82, 2.24) is 20.2 Å². The lowest BCUT2D eigenvalue weighted by molar-refractivity contribution is 0.391. The van der Waals surface area contributed by atoms with Gasteiger partial charge in [0.05, 0.1) is 12.8 Å². The minimum atomic E-state index is 0.260. The molecule has 0 saturated heterocycles. The fourth-order valence-electron chi connectivity index (χ4n) is 2.77. The molecule has 116 valence electrons. The van der Waals surface area contributed by atoms with Crippen molar-refractivity contribution in [2.45, 2.75) is 38.6 Å². The number of nitrogens with two attached hydrogens (primary N) is 1. The molecule has 0 amide bonds. The van der Waals surface area contributed by atoms with Gasteiger partial charge < -0.3 is 15.8 Å². The van der Waals surface area contributed by atoms with Crippen LogP contribution in [0.5, 0.6) is 5.88 Å². The molecule has 2 aromatic rings. The third kappa shape index (κ3) is 2.93. The van der Waals surface area contributed by atoms with Crippen LogP contribution in [0.25, 0.3) is 11.1 Å². The molecule has 0 atom stereocenters. The van der Waals surface area contributed by atoms with Gasteiger partial charge in [-0.1, -0.05) is 12.8 Å². The van der Waals surface area contributed by atoms with Crippen molar-refractivity contribution in [3.05, 3.63) is 18.0 Å². The Bertz CT molecular complexity index is 669. The quantitative estimate of drug-likeness (QED) is 0.892. The van der Waals surface area contributed by atoms with Crippen molar-refractivity contribution >= 4 is 11.8 Å². The van der Waals surface area contributed by atoms with Crippen LogP contribution in [0.3, 0.4) is 0 Å². The molecule has 22 heavy (non-hydrogen) atoms. The lowest BCUT2D eigenvalue weighted by atomic mass is 10.1. The summed E-state index contributed by atoms with van der Waals surface area (Å²) < 4.78 is 5.17. The molecule has 2 aromatic heterocycles. The van der Waals surface area contributed by atoms with E-state index in [-0.39, 0.29) is 5.95 Å². The Kier molecular flexibility index (Phi) is 4.04. The highest BCUT2D eigenvalue weighted by Crippen LogP contribution is 2.32. The van der Waals surface area contributed by atoms with Gasteiger partial charge in [0.15, 0.2) is 0 Å². The number of hydrogen-bond acceptors (Lipinski definition) is 7. The van der Waals surface area contributed by atoms with E-state index in [1.54, 1.807) is 13.3 Å². The van der Waals surface area contributed by atoms with Gasteiger partial charge in [-0.05, 0) is 19.8 Å². The van der Waals surface area contributed by atoms with Crippen molar-refractivity contribution in [2.75, 3.05) is 18.2 Å². The standard InChI is InChI=1S/C15H20N6O/c1-9-11(7-13(22-2)21-20-9)12-8-17-15(16)19-14(12)18-10-5-3-4-6-10/h7-8,10H,3-6H2,1-2H3,(H3,16,17,18,19). The predicted octanol–water partition coefficient (Wildman–Crippen LogP) is 2.19. The van der Waals surface area contributed by atoms with Crippen LogP contribution < -0.4 is 15.8 Å². The molecule has 1 aliphatic rings. The number of aromatic nitrogens is 4. The van der Waals surface area contributed by atoms with Crippen molar-refractivity contribution in [2.24, 2.45) is 0 Å². The molecular formula is C15H20N6O. The first-order chi connectivity index (χ1) is 10.7. The highest BCUT2D eigenvalue weighted by Gasteiger charge is 2.19. The molecule has 7 nitrogen and oxygen atoms in total. The lowest BCUT2D eigenvalue weighted by Gasteiger charge is -2.17. The van der Waals surface area contributed by atoms with E-state index in [9.17, 15) is 0 Å². The summed E-state index contributed by atoms with van der Waals surface area (Å²) in [5.41, 5.74) is 8.32. The summed E-state index contributed by atoms with van der Waals surface area (Å²) in [5.74, 6) is 1.47. The van der Waals surface area contributed by atoms with Crippen LogP contribution in [0.15, 0.2) is 12.3 Å². The summed E-state index contributed by atoms with van der Waals surface area (Å²) in [6, 6.07) is 2.28. The number of ether oxygens (including phenoxy) is 1. The summed E-state index contributed by atoms with van der Waals surface area (Å²) >= 11 is 0. The van der Waals surface area contributed by atoms with Gasteiger partial charge in [-0.15, -0.1) is 5.10 Å². The van der Waals surface area contributed by atoms with Crippen LogP contribution >= 0.6 is 0 Å². The Balaban J connectivity index is 2.02. The van der Waals surface area contributed by atoms with Crippen LogP contribution in [0, 0.1) is 6.92 Å². The van der Waals surface area contributed by atoms with Crippen LogP contribution in [-0.4, -0.2) is 33.3 Å². The summed E-state index contributed by atoms with van der Waals surface area (Å²) in [6.45, 7) is 1.90. The normalized spacial score (nSPS) is 15.0. The molecule has 1 aliphatic carbocycles. The number of rotatable bonds is 4. The van der Waals surface area contributed by atoms with E-state index >= 15 is 0 Å². The third-order valence-corrected chi connectivity index (χ3v) is 3.96. The lowest BCUT2D eigenvalue weighted by Crippen LogP contribution is -2.17. The fraction of sp³-hybridized carbons (Fsp3) is 0.467. The first kappa shape index (κ1) is 14.5. The van der Waals surface area contributed by atoms with Crippen LogP contribution in [0.4, 0.5) is 11.8 Å². The molecule has 0 unspecified atom stereocenters. The molecule has 0 aliphatic heterocycles. The van der Waals surface area contributed by atoms with Crippen LogP contribution in [-0.2, 0) is 0 Å². The zero-order chi connectivity index (χ0) is 15.5. The minimum Gasteiger partial charge on any atom is -0.480 e. The molecular weight excluding hydrogens is 280 g/mol. The van der Waals surface area contributed by atoms with E-state index in [1.807, 2.05) is 13.0 Å². The maximum absolute atomic E-state index is 5.76. The summed E-state index contributed by atoms with van der Waals surface area (Å²) in [5, 5.41) is 11.6. The number of anilines is 2. The Hall–Kier alpha value is -2.44. The van der Waals surface area contributed by atoms with Crippen molar-refractivity contribution in [1.29, 1.82) is 0 Å². The number of nitrogens with one attached hydrogen (secondary N) is 1. The molecule has 3 N–H and O–H groups in total. The Morgan fingerprint density at radius 3 is 2.73 bits per heavy atom. The number of hydrogen-bond donors (Lipinski definition) is 2. The van der Waals surface area contributed by atoms with E-state index in [0.717, 1.165) is 35.5 Å². The molecule has 3 rings (SSSR count). The second-order valence-corrected chi connectivity index (χ2v) is 5.50. The van der Waals surface area contributed by atoms with Gasteiger partial charge in [-0.25, -0.2) is 4.98 Å². The molecule has 0 radical (unpaired) electrons. The SMILES string of the molecule is COc1cc(-c2cnc(N)nc2NC2CCCC2)c(C)nn1. The van der Waals surface area contributed by atoms with E-state index in [1.165, 1.54) is 12.8 Å². The van der Waals surface area contributed by atoms with Crippen LogP contribution in [0.1, 0.15) is 31.4 Å². The topological polar surface area (TPSA) is 98.8 Å². The highest BCUT2D eigenvalue weighted by atomic mass is 16.5. The highest BCUT2D eigenvalue weighted by molar-refractivity contribution is 5.77. The van der Waals surface area contributed by atoms with E-state index in [0.29, 0.717) is 11.9 Å². The van der Waals surface area contributed by atoms with Gasteiger partial charge >= 0.3 is 0 Å². The van der Waals surface area contributed by atoms with E-state index in [4.69, 9.17) is 10.5 Å². The monoisotopic (exact) mass is 300 g/mol. The van der Waals surface area contributed by atoms with E-state index in [2.05, 4.69) is 25.5 Å². The van der Waals surface area contributed by atoms with Gasteiger partial charge in [-0.2, -0.15) is 10.1 Å². The largest absolute Gasteiger partial charge is 0.480 e. The maximum atomic E-state index is 5.76. The number of aryl methyl sites for hydroxylation is 1. The Morgan fingerprint density at radius 2 is 2.00 bits per heavy atom. The molecule has 0 bridgehead atoms. The number of nitrogen functional groups attached to an aromatic ring is 1. The maximum Gasteiger partial charge on any atom is 0.233 e. The Morgan fingerprint density at radius 1 is 1.23 bits per heavy atom. The smallest absolute Gasteiger partial charge is 0.233 e. The summed E-state index contributed by atoms with van der Waals surface area (Å²) in [7, 11) is 1.57. The van der Waals surface area contributed by atoms with Gasteiger partial charge in [-0.3, -0.25) is 0 Å². The number of methoxy groups -OCH3 is 1. The second kappa shape index (κ2) is 6.13. The Labute approximate surface area is 129 Å². The number of nitrogens with zero attached hydrogens (tertiary/aromatic N) is 4. The van der Waals surface area contributed by atoms with Crippen molar-refractivity contribution in [3.63, 3.8) is 0 Å². The molecule has 1 fully saturated rings.